The third kappa shape index (κ3) is 2.67. The standard InChI is InChI=1S/C14H21ClN2O2S/c1-9-5-4-6-10(2)17(9)20(18,19)12-7-13(15)11(3)14(16)8-12/h7-10H,4-6,16H2,1-3H3. The lowest BCUT2D eigenvalue weighted by Crippen LogP contribution is -2.47. The van der Waals surface area contributed by atoms with Gasteiger partial charge < -0.3 is 5.73 Å². The van der Waals surface area contributed by atoms with Crippen molar-refractivity contribution in [1.82, 2.24) is 4.31 Å². The molecule has 1 aromatic rings. The fourth-order valence-corrected chi connectivity index (χ4v) is 5.05. The molecular weight excluding hydrogens is 296 g/mol. The third-order valence-electron chi connectivity index (χ3n) is 4.05. The lowest BCUT2D eigenvalue weighted by molar-refractivity contribution is 0.204. The zero-order valence-corrected chi connectivity index (χ0v) is 13.6. The lowest BCUT2D eigenvalue weighted by Gasteiger charge is -2.37. The normalized spacial score (nSPS) is 24.8. The summed E-state index contributed by atoms with van der Waals surface area (Å²) in [6, 6.07) is 3.01. The van der Waals surface area contributed by atoms with E-state index in [2.05, 4.69) is 0 Å². The number of piperidine rings is 1. The van der Waals surface area contributed by atoms with Crippen molar-refractivity contribution in [3.05, 3.63) is 22.7 Å². The van der Waals surface area contributed by atoms with Crippen LogP contribution in [0.3, 0.4) is 0 Å². The molecule has 0 radical (unpaired) electrons. The van der Waals surface area contributed by atoms with E-state index in [1.807, 2.05) is 13.8 Å². The highest BCUT2D eigenvalue weighted by atomic mass is 35.5. The second-order valence-corrected chi connectivity index (χ2v) is 7.83. The Morgan fingerprint density at radius 3 is 2.30 bits per heavy atom. The Bertz CT molecular complexity index is 583. The van der Waals surface area contributed by atoms with Gasteiger partial charge in [-0.3, -0.25) is 0 Å². The van der Waals surface area contributed by atoms with Crippen LogP contribution in [0.2, 0.25) is 5.02 Å². The molecule has 1 heterocycles. The Hall–Kier alpha value is -0.780. The second-order valence-electron chi connectivity index (χ2n) is 5.58. The smallest absolute Gasteiger partial charge is 0.243 e. The highest BCUT2D eigenvalue weighted by molar-refractivity contribution is 7.89. The van der Waals surface area contributed by atoms with Crippen LogP contribution in [-0.4, -0.2) is 24.8 Å². The van der Waals surface area contributed by atoms with Gasteiger partial charge in [0.2, 0.25) is 10.0 Å². The largest absolute Gasteiger partial charge is 0.398 e. The fraction of sp³-hybridized carbons (Fsp3) is 0.571. The molecule has 1 aliphatic rings. The Morgan fingerprint density at radius 1 is 1.25 bits per heavy atom. The van der Waals surface area contributed by atoms with Gasteiger partial charge in [-0.2, -0.15) is 4.31 Å². The predicted octanol–water partition coefficient (Wildman–Crippen LogP) is 3.18. The predicted molar refractivity (Wildman–Crippen MR) is 82.4 cm³/mol. The highest BCUT2D eigenvalue weighted by Gasteiger charge is 2.36. The molecule has 0 aromatic heterocycles. The molecule has 0 bridgehead atoms. The molecule has 112 valence electrons. The molecule has 2 N–H and O–H groups in total. The van der Waals surface area contributed by atoms with Gasteiger partial charge in [0.1, 0.15) is 0 Å². The second kappa shape index (κ2) is 5.54. The number of hydrogen-bond donors (Lipinski definition) is 1. The van der Waals surface area contributed by atoms with Crippen LogP contribution in [0.1, 0.15) is 38.7 Å². The van der Waals surface area contributed by atoms with Crippen molar-refractivity contribution < 1.29 is 8.42 Å². The molecular formula is C14H21ClN2O2S. The molecule has 2 atom stereocenters. The summed E-state index contributed by atoms with van der Waals surface area (Å²) in [4.78, 5) is 0.186. The van der Waals surface area contributed by atoms with Gasteiger partial charge in [-0.25, -0.2) is 8.42 Å². The summed E-state index contributed by atoms with van der Waals surface area (Å²) in [6.07, 6.45) is 2.84. The van der Waals surface area contributed by atoms with Crippen molar-refractivity contribution in [2.24, 2.45) is 0 Å². The third-order valence-corrected chi connectivity index (χ3v) is 6.54. The summed E-state index contributed by atoms with van der Waals surface area (Å²) < 4.78 is 27.3. The molecule has 4 nitrogen and oxygen atoms in total. The number of anilines is 1. The van der Waals surface area contributed by atoms with E-state index in [4.69, 9.17) is 17.3 Å². The van der Waals surface area contributed by atoms with Crippen molar-refractivity contribution in [2.45, 2.75) is 57.0 Å². The summed E-state index contributed by atoms with van der Waals surface area (Å²) in [7, 11) is -3.55. The minimum atomic E-state index is -3.55. The Morgan fingerprint density at radius 2 is 1.80 bits per heavy atom. The van der Waals surface area contributed by atoms with Gasteiger partial charge in [0.05, 0.1) is 4.90 Å². The molecule has 0 saturated carbocycles. The van der Waals surface area contributed by atoms with Gasteiger partial charge in [0.15, 0.2) is 0 Å². The summed E-state index contributed by atoms with van der Waals surface area (Å²) in [5.74, 6) is 0. The van der Waals surface area contributed by atoms with Gasteiger partial charge in [0.25, 0.3) is 0 Å². The first kappa shape index (κ1) is 15.6. The summed E-state index contributed by atoms with van der Waals surface area (Å²) >= 11 is 6.07. The molecule has 1 aliphatic heterocycles. The Labute approximate surface area is 126 Å². The lowest BCUT2D eigenvalue weighted by atomic mass is 10.0. The summed E-state index contributed by atoms with van der Waals surface area (Å²) in [6.45, 7) is 5.68. The van der Waals surface area contributed by atoms with Crippen molar-refractivity contribution >= 4 is 27.3 Å². The SMILES string of the molecule is Cc1c(N)cc(S(=O)(=O)N2C(C)CCCC2C)cc1Cl. The van der Waals surface area contributed by atoms with Gasteiger partial charge in [-0.15, -0.1) is 0 Å². The number of nitrogens with two attached hydrogens (primary N) is 1. The van der Waals surface area contributed by atoms with E-state index in [0.29, 0.717) is 16.3 Å². The fourth-order valence-electron chi connectivity index (χ4n) is 2.82. The molecule has 6 heteroatoms. The molecule has 0 aliphatic carbocycles. The molecule has 0 amide bonds. The maximum atomic E-state index is 12.8. The number of sulfonamides is 1. The number of nitrogens with zero attached hydrogens (tertiary/aromatic N) is 1. The molecule has 1 fully saturated rings. The highest BCUT2D eigenvalue weighted by Crippen LogP contribution is 2.32. The topological polar surface area (TPSA) is 63.4 Å². The zero-order chi connectivity index (χ0) is 15.1. The van der Waals surface area contributed by atoms with Crippen LogP contribution in [0, 0.1) is 6.92 Å². The first-order valence-corrected chi connectivity index (χ1v) is 8.66. The Kier molecular flexibility index (Phi) is 4.33. The minimum Gasteiger partial charge on any atom is -0.398 e. The Balaban J connectivity index is 2.49. The van der Waals surface area contributed by atoms with Crippen LogP contribution in [0.4, 0.5) is 5.69 Å². The van der Waals surface area contributed by atoms with E-state index < -0.39 is 10.0 Å². The summed E-state index contributed by atoms with van der Waals surface area (Å²) in [5.41, 5.74) is 6.97. The van der Waals surface area contributed by atoms with Gasteiger partial charge in [0, 0.05) is 22.8 Å². The quantitative estimate of drug-likeness (QED) is 0.852. The number of rotatable bonds is 2. The van der Waals surface area contributed by atoms with Crippen LogP contribution >= 0.6 is 11.6 Å². The number of benzene rings is 1. The monoisotopic (exact) mass is 316 g/mol. The van der Waals surface area contributed by atoms with E-state index in [1.165, 1.54) is 12.1 Å². The van der Waals surface area contributed by atoms with Crippen LogP contribution in [0.5, 0.6) is 0 Å². The van der Waals surface area contributed by atoms with Gasteiger partial charge in [-0.1, -0.05) is 18.0 Å². The van der Waals surface area contributed by atoms with E-state index >= 15 is 0 Å². The molecule has 1 aromatic carbocycles. The molecule has 1 saturated heterocycles. The van der Waals surface area contributed by atoms with Crippen molar-refractivity contribution in [3.8, 4) is 0 Å². The average Bonchev–Trinajstić information content (AvgIpc) is 2.34. The van der Waals surface area contributed by atoms with Crippen molar-refractivity contribution in [2.75, 3.05) is 5.73 Å². The van der Waals surface area contributed by atoms with Crippen LogP contribution < -0.4 is 5.73 Å². The maximum absolute atomic E-state index is 12.8. The molecule has 0 spiro atoms. The van der Waals surface area contributed by atoms with E-state index in [9.17, 15) is 8.42 Å². The van der Waals surface area contributed by atoms with E-state index in [1.54, 1.807) is 11.2 Å². The molecule has 20 heavy (non-hydrogen) atoms. The van der Waals surface area contributed by atoms with Crippen LogP contribution in [0.15, 0.2) is 17.0 Å². The zero-order valence-electron chi connectivity index (χ0n) is 12.1. The molecule has 2 unspecified atom stereocenters. The van der Waals surface area contributed by atoms with Gasteiger partial charge in [-0.05, 0) is 51.3 Å². The van der Waals surface area contributed by atoms with Crippen molar-refractivity contribution in [3.63, 3.8) is 0 Å². The first-order chi connectivity index (χ1) is 9.25. The maximum Gasteiger partial charge on any atom is 0.243 e. The van der Waals surface area contributed by atoms with Crippen LogP contribution in [0.25, 0.3) is 0 Å². The number of halogens is 1. The van der Waals surface area contributed by atoms with Gasteiger partial charge >= 0.3 is 0 Å². The van der Waals surface area contributed by atoms with E-state index in [0.717, 1.165) is 19.3 Å². The summed E-state index contributed by atoms with van der Waals surface area (Å²) in [5, 5.41) is 0.390. The minimum absolute atomic E-state index is 0.00468. The van der Waals surface area contributed by atoms with E-state index in [-0.39, 0.29) is 17.0 Å². The molecule has 2 rings (SSSR count). The first-order valence-electron chi connectivity index (χ1n) is 6.84. The average molecular weight is 317 g/mol. The number of hydrogen-bond acceptors (Lipinski definition) is 3. The number of nitrogen functional groups attached to an aromatic ring is 1. The van der Waals surface area contributed by atoms with Crippen molar-refractivity contribution in [1.29, 1.82) is 0 Å². The van der Waals surface area contributed by atoms with Crippen LogP contribution in [-0.2, 0) is 10.0 Å².